The van der Waals surface area contributed by atoms with Crippen molar-refractivity contribution < 1.29 is 13.9 Å². The molecule has 0 spiro atoms. The van der Waals surface area contributed by atoms with Gasteiger partial charge in [-0.15, -0.1) is 10.2 Å². The highest BCUT2D eigenvalue weighted by Crippen LogP contribution is 2.24. The molecule has 8 heteroatoms. The maximum absolute atomic E-state index is 12.0. The summed E-state index contributed by atoms with van der Waals surface area (Å²) in [5.41, 5.74) is 0.945. The van der Waals surface area contributed by atoms with Crippen LogP contribution in [0.1, 0.15) is 19.6 Å². The van der Waals surface area contributed by atoms with Crippen LogP contribution in [0.2, 0.25) is 0 Å². The van der Waals surface area contributed by atoms with Crippen LogP contribution in [0.4, 0.5) is 0 Å². The third-order valence-electron chi connectivity index (χ3n) is 3.90. The molecule has 1 amide bonds. The first-order valence-corrected chi connectivity index (χ1v) is 10.1. The van der Waals surface area contributed by atoms with E-state index in [1.165, 1.54) is 11.8 Å². The first kappa shape index (κ1) is 20.0. The molecule has 0 fully saturated rings. The highest BCUT2D eigenvalue weighted by atomic mass is 32.2. The van der Waals surface area contributed by atoms with E-state index in [0.29, 0.717) is 24.2 Å². The summed E-state index contributed by atoms with van der Waals surface area (Å²) in [6.07, 6.45) is 1.58. The summed E-state index contributed by atoms with van der Waals surface area (Å²) in [6, 6.07) is 11.4. The maximum atomic E-state index is 12.0. The van der Waals surface area contributed by atoms with Gasteiger partial charge >= 0.3 is 0 Å². The molecule has 1 aromatic carbocycles. The summed E-state index contributed by atoms with van der Waals surface area (Å²) < 4.78 is 12.8. The van der Waals surface area contributed by atoms with E-state index in [4.69, 9.17) is 9.15 Å². The fourth-order valence-corrected chi connectivity index (χ4v) is 3.18. The van der Waals surface area contributed by atoms with Crippen LogP contribution < -0.4 is 10.1 Å². The average Bonchev–Trinajstić information content (AvgIpc) is 3.33. The van der Waals surface area contributed by atoms with E-state index in [2.05, 4.69) is 29.4 Å². The Labute approximate surface area is 168 Å². The van der Waals surface area contributed by atoms with Crippen LogP contribution >= 0.6 is 11.8 Å². The predicted octanol–water partition coefficient (Wildman–Crippen LogP) is 3.52. The molecule has 28 heavy (non-hydrogen) atoms. The van der Waals surface area contributed by atoms with E-state index < -0.39 is 0 Å². The Bertz CT molecular complexity index is 889. The van der Waals surface area contributed by atoms with Crippen molar-refractivity contribution in [3.8, 4) is 17.1 Å². The van der Waals surface area contributed by atoms with E-state index in [-0.39, 0.29) is 11.7 Å². The first-order valence-electron chi connectivity index (χ1n) is 9.07. The number of furan rings is 1. The van der Waals surface area contributed by atoms with Crippen molar-refractivity contribution >= 4 is 17.7 Å². The van der Waals surface area contributed by atoms with Crippen LogP contribution in [0, 0.1) is 5.92 Å². The minimum atomic E-state index is -0.0856. The van der Waals surface area contributed by atoms with Crippen LogP contribution in [0.3, 0.4) is 0 Å². The number of carbonyl (C=O) groups is 1. The number of hydrogen-bond donors (Lipinski definition) is 1. The quantitative estimate of drug-likeness (QED) is 0.554. The van der Waals surface area contributed by atoms with E-state index in [1.807, 2.05) is 41.9 Å². The predicted molar refractivity (Wildman–Crippen MR) is 108 cm³/mol. The molecule has 0 aliphatic rings. The van der Waals surface area contributed by atoms with Crippen molar-refractivity contribution in [2.45, 2.75) is 25.5 Å². The molecule has 2 heterocycles. The Morgan fingerprint density at radius 1 is 1.25 bits per heavy atom. The molecule has 0 saturated carbocycles. The van der Waals surface area contributed by atoms with Crippen LogP contribution in [-0.2, 0) is 18.4 Å². The first-order chi connectivity index (χ1) is 13.5. The topological polar surface area (TPSA) is 82.2 Å². The van der Waals surface area contributed by atoms with Crippen molar-refractivity contribution in [3.05, 3.63) is 48.4 Å². The number of thioether (sulfide) groups is 1. The van der Waals surface area contributed by atoms with Crippen molar-refractivity contribution in [2.75, 3.05) is 12.4 Å². The van der Waals surface area contributed by atoms with Crippen LogP contribution in [-0.4, -0.2) is 33.0 Å². The van der Waals surface area contributed by atoms with Crippen molar-refractivity contribution in [1.82, 2.24) is 20.1 Å². The van der Waals surface area contributed by atoms with E-state index >= 15 is 0 Å². The van der Waals surface area contributed by atoms with Crippen LogP contribution in [0.5, 0.6) is 5.75 Å². The molecule has 0 bridgehead atoms. The minimum absolute atomic E-state index is 0.0856. The molecule has 0 aliphatic heterocycles. The highest BCUT2D eigenvalue weighted by molar-refractivity contribution is 7.99. The summed E-state index contributed by atoms with van der Waals surface area (Å²) in [5.74, 6) is 2.96. The van der Waals surface area contributed by atoms with Gasteiger partial charge in [0.15, 0.2) is 11.0 Å². The number of benzene rings is 1. The van der Waals surface area contributed by atoms with Gasteiger partial charge in [0, 0.05) is 12.6 Å². The lowest BCUT2D eigenvalue weighted by atomic mass is 10.2. The van der Waals surface area contributed by atoms with Gasteiger partial charge in [0.2, 0.25) is 5.91 Å². The third-order valence-corrected chi connectivity index (χ3v) is 4.92. The second-order valence-corrected chi connectivity index (χ2v) is 7.68. The third kappa shape index (κ3) is 5.39. The summed E-state index contributed by atoms with van der Waals surface area (Å²) in [4.78, 5) is 12.0. The summed E-state index contributed by atoms with van der Waals surface area (Å²) >= 11 is 1.34. The van der Waals surface area contributed by atoms with Gasteiger partial charge in [0.25, 0.3) is 0 Å². The zero-order chi connectivity index (χ0) is 19.9. The fourth-order valence-electron chi connectivity index (χ4n) is 2.44. The molecule has 3 aromatic rings. The lowest BCUT2D eigenvalue weighted by Crippen LogP contribution is -2.24. The molecule has 0 aliphatic carbocycles. The molecule has 148 valence electrons. The zero-order valence-electron chi connectivity index (χ0n) is 16.2. The molecule has 3 rings (SSSR count). The Balaban J connectivity index is 1.55. The summed E-state index contributed by atoms with van der Waals surface area (Å²) in [5, 5.41) is 12.0. The van der Waals surface area contributed by atoms with E-state index in [0.717, 1.165) is 22.9 Å². The van der Waals surface area contributed by atoms with Crippen molar-refractivity contribution in [3.63, 3.8) is 0 Å². The van der Waals surface area contributed by atoms with E-state index in [1.54, 1.807) is 12.3 Å². The van der Waals surface area contributed by atoms with Crippen LogP contribution in [0.25, 0.3) is 11.4 Å². The smallest absolute Gasteiger partial charge is 0.230 e. The summed E-state index contributed by atoms with van der Waals surface area (Å²) in [7, 11) is 1.89. The molecule has 1 N–H and O–H groups in total. The number of nitrogens with zero attached hydrogens (tertiary/aromatic N) is 3. The van der Waals surface area contributed by atoms with Gasteiger partial charge in [-0.05, 0) is 42.3 Å². The van der Waals surface area contributed by atoms with Crippen molar-refractivity contribution in [2.24, 2.45) is 13.0 Å². The molecule has 0 radical (unpaired) electrons. The number of ether oxygens (including phenoxy) is 1. The molecule has 2 aromatic heterocycles. The average molecular weight is 401 g/mol. The fraction of sp³-hybridized carbons (Fsp3) is 0.350. The zero-order valence-corrected chi connectivity index (χ0v) is 17.0. The van der Waals surface area contributed by atoms with Gasteiger partial charge in [-0.1, -0.05) is 25.6 Å². The largest absolute Gasteiger partial charge is 0.493 e. The molecule has 0 atom stereocenters. The van der Waals surface area contributed by atoms with Gasteiger partial charge in [0.1, 0.15) is 11.5 Å². The number of carbonyl (C=O) groups excluding carboxylic acids is 1. The highest BCUT2D eigenvalue weighted by Gasteiger charge is 2.13. The maximum Gasteiger partial charge on any atom is 0.230 e. The Hall–Kier alpha value is -2.74. The standard InChI is InChI=1S/C20H24N4O3S/c1-14(2)12-27-16-8-6-15(7-9-16)19-22-23-20(24(19)3)28-13-18(25)21-11-17-5-4-10-26-17/h4-10,14H,11-13H2,1-3H3,(H,21,25). The number of nitrogens with one attached hydrogen (secondary N) is 1. The minimum Gasteiger partial charge on any atom is -0.493 e. The lowest BCUT2D eigenvalue weighted by molar-refractivity contribution is -0.118. The number of hydrogen-bond acceptors (Lipinski definition) is 6. The van der Waals surface area contributed by atoms with Gasteiger partial charge in [-0.2, -0.15) is 0 Å². The normalized spacial score (nSPS) is 11.0. The van der Waals surface area contributed by atoms with Crippen LogP contribution in [0.15, 0.2) is 52.2 Å². The van der Waals surface area contributed by atoms with Gasteiger partial charge in [-0.25, -0.2) is 0 Å². The lowest BCUT2D eigenvalue weighted by Gasteiger charge is -2.09. The SMILES string of the molecule is CC(C)COc1ccc(-c2nnc(SCC(=O)NCc3ccco3)n2C)cc1. The Morgan fingerprint density at radius 2 is 2.04 bits per heavy atom. The number of aromatic nitrogens is 3. The molecule has 7 nitrogen and oxygen atoms in total. The number of amides is 1. The molecular formula is C20H24N4O3S. The monoisotopic (exact) mass is 400 g/mol. The van der Waals surface area contributed by atoms with E-state index in [9.17, 15) is 4.79 Å². The number of rotatable bonds is 9. The Morgan fingerprint density at radius 3 is 2.71 bits per heavy atom. The molecule has 0 saturated heterocycles. The van der Waals surface area contributed by atoms with Gasteiger partial charge in [0.05, 0.1) is 25.2 Å². The Kier molecular flexibility index (Phi) is 6.76. The molecule has 0 unspecified atom stereocenters. The van der Waals surface area contributed by atoms with Gasteiger partial charge < -0.3 is 19.0 Å². The van der Waals surface area contributed by atoms with Gasteiger partial charge in [-0.3, -0.25) is 4.79 Å². The van der Waals surface area contributed by atoms with Crippen molar-refractivity contribution in [1.29, 1.82) is 0 Å². The summed E-state index contributed by atoms with van der Waals surface area (Å²) in [6.45, 7) is 5.29. The second-order valence-electron chi connectivity index (χ2n) is 6.74. The second kappa shape index (κ2) is 9.45. The molecular weight excluding hydrogens is 376 g/mol.